The third-order valence-corrected chi connectivity index (χ3v) is 6.40. The number of ether oxygens (including phenoxy) is 1. The molecule has 114 valence electrons. The Morgan fingerprint density at radius 2 is 1.70 bits per heavy atom. The summed E-state index contributed by atoms with van der Waals surface area (Å²) in [6, 6.07) is 0. The van der Waals surface area contributed by atoms with Crippen LogP contribution in [0.2, 0.25) is 0 Å². The first kappa shape index (κ1) is 14.4. The summed E-state index contributed by atoms with van der Waals surface area (Å²) in [6.07, 6.45) is 10.0. The molecule has 2 bridgehead atoms. The molecule has 0 radical (unpaired) electrons. The van der Waals surface area contributed by atoms with Gasteiger partial charge in [-0.1, -0.05) is 26.2 Å². The first-order valence-corrected chi connectivity index (χ1v) is 8.68. The number of fused-ring (bicyclic) bond motifs is 2. The lowest BCUT2D eigenvalue weighted by atomic mass is 9.75. The van der Waals surface area contributed by atoms with Crippen molar-refractivity contribution in [3.63, 3.8) is 0 Å². The van der Waals surface area contributed by atoms with Gasteiger partial charge in [-0.3, -0.25) is 4.79 Å². The van der Waals surface area contributed by atoms with E-state index in [-0.39, 0.29) is 17.5 Å². The van der Waals surface area contributed by atoms with Crippen molar-refractivity contribution in [2.24, 2.45) is 29.6 Å². The molecule has 0 saturated heterocycles. The lowest BCUT2D eigenvalue weighted by molar-refractivity contribution is -0.170. The molecule has 0 aromatic carbocycles. The van der Waals surface area contributed by atoms with E-state index in [1.54, 1.807) is 0 Å². The van der Waals surface area contributed by atoms with Gasteiger partial charge in [0.2, 0.25) is 0 Å². The predicted octanol–water partition coefficient (Wildman–Crippen LogP) is 4.57. The fourth-order valence-corrected chi connectivity index (χ4v) is 4.91. The zero-order valence-corrected chi connectivity index (χ0v) is 13.4. The quantitative estimate of drug-likeness (QED) is 0.707. The van der Waals surface area contributed by atoms with E-state index in [0.29, 0.717) is 11.8 Å². The molecule has 3 aliphatic rings. The number of hydrogen-bond donors (Lipinski definition) is 0. The molecular formula is C18H30O2. The molecule has 0 N–H and O–H groups in total. The number of carbonyl (C=O) groups is 1. The van der Waals surface area contributed by atoms with Crippen LogP contribution < -0.4 is 0 Å². The Hall–Kier alpha value is -0.530. The van der Waals surface area contributed by atoms with Crippen LogP contribution in [0.15, 0.2) is 0 Å². The van der Waals surface area contributed by atoms with Gasteiger partial charge in [0.05, 0.1) is 5.92 Å². The van der Waals surface area contributed by atoms with E-state index >= 15 is 0 Å². The molecule has 3 saturated carbocycles. The largest absolute Gasteiger partial charge is 0.459 e. The standard InChI is InChI=1S/C18H30O2/c1-12-4-8-15(9-5-12)18(2,3)20-17(19)16-11-13-6-7-14(16)10-13/h12-16H,4-11H2,1-3H3. The Morgan fingerprint density at radius 3 is 2.25 bits per heavy atom. The molecule has 0 aromatic heterocycles. The van der Waals surface area contributed by atoms with Crippen molar-refractivity contribution in [3.8, 4) is 0 Å². The first-order chi connectivity index (χ1) is 9.45. The highest BCUT2D eigenvalue weighted by atomic mass is 16.6. The maximum absolute atomic E-state index is 12.5. The average molecular weight is 278 g/mol. The van der Waals surface area contributed by atoms with E-state index in [9.17, 15) is 4.79 Å². The molecule has 0 aromatic rings. The van der Waals surface area contributed by atoms with Gasteiger partial charge < -0.3 is 4.74 Å². The SMILES string of the molecule is CC1CCC(C(C)(C)OC(=O)C2CC3CCC2C3)CC1. The van der Waals surface area contributed by atoms with E-state index in [1.165, 1.54) is 44.9 Å². The summed E-state index contributed by atoms with van der Waals surface area (Å²) in [5, 5.41) is 0. The molecule has 3 unspecified atom stereocenters. The van der Waals surface area contributed by atoms with Crippen molar-refractivity contribution in [1.29, 1.82) is 0 Å². The molecule has 0 aliphatic heterocycles. The molecule has 2 heteroatoms. The Kier molecular flexibility index (Phi) is 3.85. The summed E-state index contributed by atoms with van der Waals surface area (Å²) in [7, 11) is 0. The molecule has 2 nitrogen and oxygen atoms in total. The van der Waals surface area contributed by atoms with Crippen LogP contribution in [0, 0.1) is 29.6 Å². The highest BCUT2D eigenvalue weighted by Gasteiger charge is 2.46. The second-order valence-corrected chi connectivity index (χ2v) is 8.26. The van der Waals surface area contributed by atoms with Gasteiger partial charge in [0.15, 0.2) is 0 Å². The van der Waals surface area contributed by atoms with Gasteiger partial charge in [-0.05, 0) is 69.6 Å². The van der Waals surface area contributed by atoms with Crippen LogP contribution >= 0.6 is 0 Å². The minimum absolute atomic E-state index is 0.112. The molecule has 3 rings (SSSR count). The van der Waals surface area contributed by atoms with E-state index in [1.807, 2.05) is 0 Å². The summed E-state index contributed by atoms with van der Waals surface area (Å²) < 4.78 is 6.01. The molecule has 3 atom stereocenters. The van der Waals surface area contributed by atoms with Gasteiger partial charge in [-0.15, -0.1) is 0 Å². The van der Waals surface area contributed by atoms with Gasteiger partial charge in [-0.2, -0.15) is 0 Å². The maximum atomic E-state index is 12.5. The smallest absolute Gasteiger partial charge is 0.309 e. The zero-order valence-electron chi connectivity index (χ0n) is 13.4. The fraction of sp³-hybridized carbons (Fsp3) is 0.944. The van der Waals surface area contributed by atoms with Gasteiger partial charge >= 0.3 is 5.97 Å². The third kappa shape index (κ3) is 2.76. The molecular weight excluding hydrogens is 248 g/mol. The molecule has 0 amide bonds. The van der Waals surface area contributed by atoms with Crippen molar-refractivity contribution in [2.75, 3.05) is 0 Å². The van der Waals surface area contributed by atoms with Crippen molar-refractivity contribution in [2.45, 2.75) is 77.7 Å². The predicted molar refractivity (Wildman–Crippen MR) is 80.2 cm³/mol. The summed E-state index contributed by atoms with van der Waals surface area (Å²) in [5.41, 5.74) is -0.265. The van der Waals surface area contributed by atoms with Crippen LogP contribution in [-0.2, 0) is 9.53 Å². The van der Waals surface area contributed by atoms with Gasteiger partial charge in [0.25, 0.3) is 0 Å². The number of hydrogen-bond acceptors (Lipinski definition) is 2. The van der Waals surface area contributed by atoms with Crippen LogP contribution in [0.3, 0.4) is 0 Å². The fourth-order valence-electron chi connectivity index (χ4n) is 4.91. The van der Waals surface area contributed by atoms with E-state index in [0.717, 1.165) is 18.3 Å². The van der Waals surface area contributed by atoms with Crippen LogP contribution in [0.1, 0.15) is 72.1 Å². The number of rotatable bonds is 3. The zero-order chi connectivity index (χ0) is 14.3. The van der Waals surface area contributed by atoms with Crippen LogP contribution in [0.5, 0.6) is 0 Å². The Labute approximate surface area is 123 Å². The molecule has 0 spiro atoms. The van der Waals surface area contributed by atoms with Crippen molar-refractivity contribution >= 4 is 5.97 Å². The van der Waals surface area contributed by atoms with Gasteiger partial charge in [0.1, 0.15) is 5.60 Å². The summed E-state index contributed by atoms with van der Waals surface area (Å²) in [4.78, 5) is 12.5. The van der Waals surface area contributed by atoms with Crippen LogP contribution in [-0.4, -0.2) is 11.6 Å². The van der Waals surface area contributed by atoms with Crippen LogP contribution in [0.4, 0.5) is 0 Å². The molecule has 3 fully saturated rings. The van der Waals surface area contributed by atoms with Crippen molar-refractivity contribution < 1.29 is 9.53 Å². The van der Waals surface area contributed by atoms with Gasteiger partial charge in [0, 0.05) is 0 Å². The normalized spacial score (nSPS) is 40.9. The number of carbonyl (C=O) groups excluding carboxylic acids is 1. The summed E-state index contributed by atoms with van der Waals surface area (Å²) >= 11 is 0. The van der Waals surface area contributed by atoms with E-state index in [4.69, 9.17) is 4.74 Å². The lowest BCUT2D eigenvalue weighted by Crippen LogP contribution is -2.41. The second kappa shape index (κ2) is 5.35. The Balaban J connectivity index is 1.57. The molecule has 0 heterocycles. The lowest BCUT2D eigenvalue weighted by Gasteiger charge is -2.39. The third-order valence-electron chi connectivity index (χ3n) is 6.40. The van der Waals surface area contributed by atoms with Gasteiger partial charge in [-0.25, -0.2) is 0 Å². The van der Waals surface area contributed by atoms with Crippen molar-refractivity contribution in [3.05, 3.63) is 0 Å². The monoisotopic (exact) mass is 278 g/mol. The average Bonchev–Trinajstić information content (AvgIpc) is 3.01. The van der Waals surface area contributed by atoms with E-state index in [2.05, 4.69) is 20.8 Å². The molecule has 3 aliphatic carbocycles. The van der Waals surface area contributed by atoms with E-state index < -0.39 is 0 Å². The Bertz CT molecular complexity index is 366. The minimum atomic E-state index is -0.265. The van der Waals surface area contributed by atoms with Crippen LogP contribution in [0.25, 0.3) is 0 Å². The highest BCUT2D eigenvalue weighted by molar-refractivity contribution is 5.74. The summed E-state index contributed by atoms with van der Waals surface area (Å²) in [6.45, 7) is 6.61. The summed E-state index contributed by atoms with van der Waals surface area (Å²) in [5.74, 6) is 3.19. The topological polar surface area (TPSA) is 26.3 Å². The van der Waals surface area contributed by atoms with Crippen molar-refractivity contribution in [1.82, 2.24) is 0 Å². The first-order valence-electron chi connectivity index (χ1n) is 8.68. The molecule has 20 heavy (non-hydrogen) atoms. The number of esters is 1. The maximum Gasteiger partial charge on any atom is 0.309 e. The second-order valence-electron chi connectivity index (χ2n) is 8.26. The highest BCUT2D eigenvalue weighted by Crippen LogP contribution is 2.49. The minimum Gasteiger partial charge on any atom is -0.459 e. The Morgan fingerprint density at radius 1 is 1.00 bits per heavy atom.